The van der Waals surface area contributed by atoms with Crippen LogP contribution < -0.4 is 5.32 Å². The van der Waals surface area contributed by atoms with Crippen LogP contribution in [0.4, 0.5) is 0 Å². The summed E-state index contributed by atoms with van der Waals surface area (Å²) in [6.45, 7) is 9.26. The van der Waals surface area contributed by atoms with E-state index in [0.717, 1.165) is 19.7 Å². The van der Waals surface area contributed by atoms with Crippen LogP contribution in [0.3, 0.4) is 0 Å². The van der Waals surface area contributed by atoms with Gasteiger partial charge in [-0.25, -0.2) is 0 Å². The van der Waals surface area contributed by atoms with E-state index in [4.69, 9.17) is 4.74 Å². The summed E-state index contributed by atoms with van der Waals surface area (Å²) in [7, 11) is 0. The summed E-state index contributed by atoms with van der Waals surface area (Å²) >= 11 is 0. The highest BCUT2D eigenvalue weighted by molar-refractivity contribution is 5.16. The van der Waals surface area contributed by atoms with Gasteiger partial charge in [0.15, 0.2) is 0 Å². The van der Waals surface area contributed by atoms with E-state index in [-0.39, 0.29) is 6.10 Å². The van der Waals surface area contributed by atoms with E-state index in [1.807, 2.05) is 18.2 Å². The molecule has 0 aliphatic rings. The molecule has 0 heterocycles. The first-order chi connectivity index (χ1) is 7.70. The Morgan fingerprint density at radius 2 is 1.81 bits per heavy atom. The first-order valence-corrected chi connectivity index (χ1v) is 6.07. The van der Waals surface area contributed by atoms with Crippen LogP contribution in [0.5, 0.6) is 0 Å². The fourth-order valence-electron chi connectivity index (χ4n) is 1.52. The van der Waals surface area contributed by atoms with E-state index in [1.54, 1.807) is 0 Å². The van der Waals surface area contributed by atoms with Crippen LogP contribution >= 0.6 is 0 Å². The highest BCUT2D eigenvalue weighted by atomic mass is 16.5. The molecule has 16 heavy (non-hydrogen) atoms. The van der Waals surface area contributed by atoms with Crippen molar-refractivity contribution in [3.63, 3.8) is 0 Å². The average Bonchev–Trinajstić information content (AvgIpc) is 2.29. The maximum Gasteiger partial charge on any atom is 0.0797 e. The molecule has 1 rings (SSSR count). The molecule has 1 aromatic carbocycles. The second kappa shape index (κ2) is 7.42. The van der Waals surface area contributed by atoms with Gasteiger partial charge in [-0.3, -0.25) is 0 Å². The largest absolute Gasteiger partial charge is 0.373 e. The van der Waals surface area contributed by atoms with Crippen molar-refractivity contribution in [2.24, 2.45) is 5.92 Å². The quantitative estimate of drug-likeness (QED) is 0.715. The third-order valence-corrected chi connectivity index (χ3v) is 2.47. The second-order valence-corrected chi connectivity index (χ2v) is 4.52. The fourth-order valence-corrected chi connectivity index (χ4v) is 1.52. The molecule has 0 saturated carbocycles. The van der Waals surface area contributed by atoms with Gasteiger partial charge in [-0.2, -0.15) is 0 Å². The smallest absolute Gasteiger partial charge is 0.0797 e. The van der Waals surface area contributed by atoms with Gasteiger partial charge in [0.1, 0.15) is 0 Å². The zero-order valence-electron chi connectivity index (χ0n) is 10.6. The molecule has 0 aliphatic carbocycles. The molecule has 0 spiro atoms. The molecule has 1 unspecified atom stereocenters. The topological polar surface area (TPSA) is 21.3 Å². The molecule has 0 aromatic heterocycles. The Hall–Kier alpha value is -0.860. The normalized spacial score (nSPS) is 13.0. The molecule has 0 radical (unpaired) electrons. The fraction of sp³-hybridized carbons (Fsp3) is 0.571. The summed E-state index contributed by atoms with van der Waals surface area (Å²) in [5, 5.41) is 3.37. The van der Waals surface area contributed by atoms with Crippen molar-refractivity contribution in [3.05, 3.63) is 35.9 Å². The minimum atomic E-state index is 0.182. The van der Waals surface area contributed by atoms with Gasteiger partial charge in [0.05, 0.1) is 12.7 Å². The van der Waals surface area contributed by atoms with Gasteiger partial charge >= 0.3 is 0 Å². The van der Waals surface area contributed by atoms with Crippen molar-refractivity contribution in [2.75, 3.05) is 19.7 Å². The van der Waals surface area contributed by atoms with Gasteiger partial charge in [-0.1, -0.05) is 44.2 Å². The van der Waals surface area contributed by atoms with Crippen LogP contribution in [0.2, 0.25) is 0 Å². The summed E-state index contributed by atoms with van der Waals surface area (Å²) in [5.74, 6) is 0.701. The molecule has 1 atom stereocenters. The van der Waals surface area contributed by atoms with Crippen LogP contribution in [0, 0.1) is 5.92 Å². The maximum absolute atomic E-state index is 5.75. The Kier molecular flexibility index (Phi) is 6.12. The summed E-state index contributed by atoms with van der Waals surface area (Å²) in [5.41, 5.74) is 1.24. The van der Waals surface area contributed by atoms with Crippen LogP contribution in [0.15, 0.2) is 30.3 Å². The maximum atomic E-state index is 5.75. The molecule has 2 heteroatoms. The van der Waals surface area contributed by atoms with Gasteiger partial charge in [-0.15, -0.1) is 0 Å². The minimum Gasteiger partial charge on any atom is -0.373 e. The monoisotopic (exact) mass is 221 g/mol. The molecule has 1 aromatic rings. The SMILES string of the molecule is CC(C)CNCCOC(C)c1ccccc1. The van der Waals surface area contributed by atoms with Gasteiger partial charge in [-0.05, 0) is 24.9 Å². The molecule has 0 amide bonds. The Balaban J connectivity index is 2.14. The molecular formula is C14H23NO. The van der Waals surface area contributed by atoms with E-state index in [0.29, 0.717) is 5.92 Å². The second-order valence-electron chi connectivity index (χ2n) is 4.52. The Morgan fingerprint density at radius 3 is 2.44 bits per heavy atom. The summed E-state index contributed by atoms with van der Waals surface area (Å²) in [6.07, 6.45) is 0.182. The summed E-state index contributed by atoms with van der Waals surface area (Å²) in [4.78, 5) is 0. The number of hydrogen-bond acceptors (Lipinski definition) is 2. The number of hydrogen-bond donors (Lipinski definition) is 1. The lowest BCUT2D eigenvalue weighted by molar-refractivity contribution is 0.0675. The number of ether oxygens (including phenoxy) is 1. The van der Waals surface area contributed by atoms with E-state index in [1.165, 1.54) is 5.56 Å². The predicted octanol–water partition coefficient (Wildman–Crippen LogP) is 3.01. The van der Waals surface area contributed by atoms with Crippen molar-refractivity contribution < 1.29 is 4.74 Å². The van der Waals surface area contributed by atoms with Gasteiger partial charge < -0.3 is 10.1 Å². The summed E-state index contributed by atoms with van der Waals surface area (Å²) in [6, 6.07) is 10.3. The third-order valence-electron chi connectivity index (χ3n) is 2.47. The lowest BCUT2D eigenvalue weighted by atomic mass is 10.1. The molecule has 0 fully saturated rings. The van der Waals surface area contributed by atoms with Crippen LogP contribution in [-0.4, -0.2) is 19.7 Å². The minimum absolute atomic E-state index is 0.182. The van der Waals surface area contributed by atoms with Gasteiger partial charge in [0.25, 0.3) is 0 Å². The number of nitrogens with one attached hydrogen (secondary N) is 1. The average molecular weight is 221 g/mol. The lowest BCUT2D eigenvalue weighted by Gasteiger charge is -2.14. The molecule has 0 aliphatic heterocycles. The Morgan fingerprint density at radius 1 is 1.12 bits per heavy atom. The molecular weight excluding hydrogens is 198 g/mol. The van der Waals surface area contributed by atoms with Crippen LogP contribution in [-0.2, 0) is 4.74 Å². The van der Waals surface area contributed by atoms with Gasteiger partial charge in [0, 0.05) is 6.54 Å². The van der Waals surface area contributed by atoms with E-state index in [9.17, 15) is 0 Å². The first kappa shape index (κ1) is 13.2. The van der Waals surface area contributed by atoms with Crippen molar-refractivity contribution in [1.82, 2.24) is 5.32 Å². The first-order valence-electron chi connectivity index (χ1n) is 6.07. The Labute approximate surface area is 99.0 Å². The van der Waals surface area contributed by atoms with Crippen molar-refractivity contribution >= 4 is 0 Å². The molecule has 90 valence electrons. The van der Waals surface area contributed by atoms with E-state index >= 15 is 0 Å². The lowest BCUT2D eigenvalue weighted by Crippen LogP contribution is -2.24. The molecule has 0 bridgehead atoms. The van der Waals surface area contributed by atoms with Crippen LogP contribution in [0.25, 0.3) is 0 Å². The van der Waals surface area contributed by atoms with Crippen LogP contribution in [0.1, 0.15) is 32.4 Å². The van der Waals surface area contributed by atoms with Crippen molar-refractivity contribution in [2.45, 2.75) is 26.9 Å². The highest BCUT2D eigenvalue weighted by Crippen LogP contribution is 2.14. The molecule has 1 N–H and O–H groups in total. The van der Waals surface area contributed by atoms with Gasteiger partial charge in [0.2, 0.25) is 0 Å². The Bertz CT molecular complexity index is 271. The third kappa shape index (κ3) is 5.29. The summed E-state index contributed by atoms with van der Waals surface area (Å²) < 4.78 is 5.75. The standard InChI is InChI=1S/C14H23NO/c1-12(2)11-15-9-10-16-13(3)14-7-5-4-6-8-14/h4-8,12-13,15H,9-11H2,1-3H3. The molecule has 0 saturated heterocycles. The zero-order valence-corrected chi connectivity index (χ0v) is 10.6. The van der Waals surface area contributed by atoms with E-state index < -0.39 is 0 Å². The van der Waals surface area contributed by atoms with Crippen molar-refractivity contribution in [3.8, 4) is 0 Å². The predicted molar refractivity (Wildman–Crippen MR) is 68.5 cm³/mol. The van der Waals surface area contributed by atoms with E-state index in [2.05, 4.69) is 38.2 Å². The number of benzene rings is 1. The number of rotatable bonds is 7. The molecule has 2 nitrogen and oxygen atoms in total. The zero-order chi connectivity index (χ0) is 11.8. The van der Waals surface area contributed by atoms with Crippen molar-refractivity contribution in [1.29, 1.82) is 0 Å². The highest BCUT2D eigenvalue weighted by Gasteiger charge is 2.03.